The summed E-state index contributed by atoms with van der Waals surface area (Å²) < 4.78 is 1.88. The zero-order valence-corrected chi connectivity index (χ0v) is 9.78. The van der Waals surface area contributed by atoms with E-state index in [4.69, 9.17) is 5.11 Å². The maximum atomic E-state index is 10.4. The molecule has 0 saturated carbocycles. The van der Waals surface area contributed by atoms with Crippen molar-refractivity contribution in [1.82, 2.24) is 14.8 Å². The topological polar surface area (TPSA) is 71.2 Å². The molecule has 1 aromatic heterocycles. The number of carbonyl (C=O) groups is 1. The molecule has 1 rings (SSSR count). The largest absolute Gasteiger partial charge is 0.481 e. The van der Waals surface area contributed by atoms with Crippen molar-refractivity contribution in [3.8, 4) is 0 Å². The Hall–Kier alpha value is -1.24. The molecule has 15 heavy (non-hydrogen) atoms. The second-order valence-corrected chi connectivity index (χ2v) is 4.05. The average molecular weight is 230 g/mol. The summed E-state index contributed by atoms with van der Waals surface area (Å²) in [5.74, 6) is -0.103. The number of anilines is 1. The summed E-state index contributed by atoms with van der Waals surface area (Å²) in [5, 5.41) is 17.1. The predicted molar refractivity (Wildman–Crippen MR) is 58.4 cm³/mol. The van der Waals surface area contributed by atoms with E-state index in [1.165, 1.54) is 11.8 Å². The number of nitrogens with zero attached hydrogens (tertiary/aromatic N) is 4. The number of thioether (sulfide) groups is 1. The summed E-state index contributed by atoms with van der Waals surface area (Å²) in [5.41, 5.74) is 0. The monoisotopic (exact) mass is 230 g/mol. The number of hydrogen-bond donors (Lipinski definition) is 1. The van der Waals surface area contributed by atoms with E-state index in [9.17, 15) is 4.79 Å². The number of rotatable bonds is 5. The number of carboxylic acids is 1. The quantitative estimate of drug-likeness (QED) is 0.744. The fourth-order valence-electron chi connectivity index (χ4n) is 1.12. The fraction of sp³-hybridized carbons (Fsp3) is 0.625. The lowest BCUT2D eigenvalue weighted by Crippen LogP contribution is -2.15. The Morgan fingerprint density at radius 3 is 2.67 bits per heavy atom. The van der Waals surface area contributed by atoms with Crippen LogP contribution >= 0.6 is 11.8 Å². The van der Waals surface area contributed by atoms with Crippen LogP contribution in [0.2, 0.25) is 0 Å². The van der Waals surface area contributed by atoms with Crippen LogP contribution in [0.25, 0.3) is 0 Å². The Morgan fingerprint density at radius 2 is 2.20 bits per heavy atom. The molecule has 0 amide bonds. The summed E-state index contributed by atoms with van der Waals surface area (Å²) in [6.45, 7) is 2.70. The second-order valence-electron chi connectivity index (χ2n) is 3.10. The highest BCUT2D eigenvalue weighted by Gasteiger charge is 2.13. The van der Waals surface area contributed by atoms with Crippen molar-refractivity contribution < 1.29 is 9.90 Å². The van der Waals surface area contributed by atoms with Crippen molar-refractivity contribution in [1.29, 1.82) is 0 Å². The summed E-state index contributed by atoms with van der Waals surface area (Å²) >= 11 is 1.18. The molecule has 1 heterocycles. The summed E-state index contributed by atoms with van der Waals surface area (Å²) in [6, 6.07) is 0. The lowest BCUT2D eigenvalue weighted by atomic mass is 10.7. The van der Waals surface area contributed by atoms with Gasteiger partial charge in [0, 0.05) is 20.6 Å². The van der Waals surface area contributed by atoms with Crippen LogP contribution in [0.15, 0.2) is 5.16 Å². The molecule has 7 heteroatoms. The molecule has 0 saturated heterocycles. The van der Waals surface area contributed by atoms with Crippen LogP contribution in [0.5, 0.6) is 0 Å². The van der Waals surface area contributed by atoms with Crippen LogP contribution < -0.4 is 4.90 Å². The van der Waals surface area contributed by atoms with E-state index in [0.29, 0.717) is 5.16 Å². The van der Waals surface area contributed by atoms with Gasteiger partial charge in [-0.1, -0.05) is 11.8 Å². The molecule has 0 aliphatic carbocycles. The molecular formula is C8H14N4O2S. The molecule has 0 fully saturated rings. The normalized spacial score (nSPS) is 10.3. The first-order valence-corrected chi connectivity index (χ1v) is 5.50. The van der Waals surface area contributed by atoms with Gasteiger partial charge in [0.15, 0.2) is 5.16 Å². The molecule has 0 atom stereocenters. The van der Waals surface area contributed by atoms with Crippen LogP contribution in [0, 0.1) is 0 Å². The highest BCUT2D eigenvalue weighted by Crippen LogP contribution is 2.20. The highest BCUT2D eigenvalue weighted by atomic mass is 32.2. The second kappa shape index (κ2) is 5.01. The molecule has 0 radical (unpaired) electrons. The van der Waals surface area contributed by atoms with E-state index in [1.54, 1.807) is 0 Å². The van der Waals surface area contributed by atoms with Crippen molar-refractivity contribution >= 4 is 23.7 Å². The summed E-state index contributed by atoms with van der Waals surface area (Å²) in [6.07, 6.45) is 0. The minimum Gasteiger partial charge on any atom is -0.481 e. The van der Waals surface area contributed by atoms with Crippen LogP contribution in [0.4, 0.5) is 5.95 Å². The smallest absolute Gasteiger partial charge is 0.313 e. The fourth-order valence-corrected chi connectivity index (χ4v) is 1.84. The molecule has 0 unspecified atom stereocenters. The van der Waals surface area contributed by atoms with Crippen molar-refractivity contribution in [3.05, 3.63) is 0 Å². The first kappa shape index (κ1) is 11.8. The van der Waals surface area contributed by atoms with Gasteiger partial charge in [-0.05, 0) is 6.92 Å². The Labute approximate surface area is 92.3 Å². The molecule has 0 spiro atoms. The zero-order valence-electron chi connectivity index (χ0n) is 8.97. The highest BCUT2D eigenvalue weighted by molar-refractivity contribution is 7.99. The maximum absolute atomic E-state index is 10.4. The number of hydrogen-bond acceptors (Lipinski definition) is 5. The predicted octanol–water partition coefficient (Wildman–Crippen LogP) is 0.541. The third-order valence-corrected chi connectivity index (χ3v) is 2.69. The van der Waals surface area contributed by atoms with Gasteiger partial charge in [-0.25, -0.2) is 0 Å². The van der Waals surface area contributed by atoms with Crippen LogP contribution in [-0.2, 0) is 11.3 Å². The van der Waals surface area contributed by atoms with Crippen LogP contribution in [0.3, 0.4) is 0 Å². The minimum absolute atomic E-state index is 0.00552. The molecule has 0 aliphatic heterocycles. The Morgan fingerprint density at radius 1 is 1.53 bits per heavy atom. The molecule has 6 nitrogen and oxygen atoms in total. The molecule has 84 valence electrons. The molecule has 0 aromatic carbocycles. The summed E-state index contributed by atoms with van der Waals surface area (Å²) in [4.78, 5) is 12.3. The minimum atomic E-state index is -0.850. The van der Waals surface area contributed by atoms with E-state index in [1.807, 2.05) is 30.5 Å². The molecule has 1 N–H and O–H groups in total. The van der Waals surface area contributed by atoms with Gasteiger partial charge in [0.1, 0.15) is 0 Å². The van der Waals surface area contributed by atoms with Crippen LogP contribution in [0.1, 0.15) is 6.92 Å². The first-order valence-electron chi connectivity index (χ1n) is 4.51. The van der Waals surface area contributed by atoms with E-state index < -0.39 is 5.97 Å². The standard InChI is InChI=1S/C8H14N4O2S/c1-4-12-7(11(2)3)9-10-8(12)15-5-6(13)14/h4-5H2,1-3H3,(H,13,14). The summed E-state index contributed by atoms with van der Waals surface area (Å²) in [7, 11) is 3.75. The van der Waals surface area contributed by atoms with Gasteiger partial charge in [0.25, 0.3) is 0 Å². The van der Waals surface area contributed by atoms with Crippen molar-refractivity contribution in [3.63, 3.8) is 0 Å². The van der Waals surface area contributed by atoms with Gasteiger partial charge in [-0.2, -0.15) is 0 Å². The van der Waals surface area contributed by atoms with Gasteiger partial charge in [0.05, 0.1) is 5.75 Å². The number of aliphatic carboxylic acids is 1. The maximum Gasteiger partial charge on any atom is 0.313 e. The van der Waals surface area contributed by atoms with E-state index >= 15 is 0 Å². The third kappa shape index (κ3) is 2.85. The van der Waals surface area contributed by atoms with Crippen LogP contribution in [-0.4, -0.2) is 45.7 Å². The van der Waals surface area contributed by atoms with Gasteiger partial charge < -0.3 is 10.0 Å². The Bertz CT molecular complexity index is 350. The molecule has 1 aromatic rings. The Balaban J connectivity index is 2.84. The molecule has 0 bridgehead atoms. The zero-order chi connectivity index (χ0) is 11.4. The van der Waals surface area contributed by atoms with Gasteiger partial charge in [-0.3, -0.25) is 9.36 Å². The van der Waals surface area contributed by atoms with Gasteiger partial charge in [-0.15, -0.1) is 10.2 Å². The van der Waals surface area contributed by atoms with E-state index in [2.05, 4.69) is 10.2 Å². The van der Waals surface area contributed by atoms with Gasteiger partial charge in [0.2, 0.25) is 5.95 Å². The first-order chi connectivity index (χ1) is 7.06. The Kier molecular flexibility index (Phi) is 3.96. The SMILES string of the molecule is CCn1c(SCC(=O)O)nnc1N(C)C. The molecular weight excluding hydrogens is 216 g/mol. The van der Waals surface area contributed by atoms with Crippen molar-refractivity contribution in [2.24, 2.45) is 0 Å². The number of aromatic nitrogens is 3. The molecule has 0 aliphatic rings. The average Bonchev–Trinajstić information content (AvgIpc) is 2.57. The van der Waals surface area contributed by atoms with Crippen molar-refractivity contribution in [2.45, 2.75) is 18.6 Å². The van der Waals surface area contributed by atoms with E-state index in [0.717, 1.165) is 12.5 Å². The van der Waals surface area contributed by atoms with Gasteiger partial charge >= 0.3 is 5.97 Å². The lowest BCUT2D eigenvalue weighted by Gasteiger charge is -2.12. The lowest BCUT2D eigenvalue weighted by molar-refractivity contribution is -0.133. The third-order valence-electron chi connectivity index (χ3n) is 1.74. The number of carboxylic acid groups (broad SMARTS) is 1. The van der Waals surface area contributed by atoms with Crippen molar-refractivity contribution in [2.75, 3.05) is 24.7 Å². The van der Waals surface area contributed by atoms with E-state index in [-0.39, 0.29) is 5.75 Å².